The largest absolute Gasteiger partial charge is 0.465 e. The van der Waals surface area contributed by atoms with Crippen molar-refractivity contribution < 1.29 is 14.3 Å². The van der Waals surface area contributed by atoms with Gasteiger partial charge in [-0.2, -0.15) is 0 Å². The first-order valence-electron chi connectivity index (χ1n) is 10.5. The number of ether oxygens (including phenoxy) is 1. The number of piperazine rings is 1. The van der Waals surface area contributed by atoms with Gasteiger partial charge in [-0.1, -0.05) is 60.7 Å². The summed E-state index contributed by atoms with van der Waals surface area (Å²) in [5, 5.41) is 0. The Labute approximate surface area is 179 Å². The summed E-state index contributed by atoms with van der Waals surface area (Å²) in [6, 6.07) is 21.2. The third kappa shape index (κ3) is 5.90. The second-order valence-corrected chi connectivity index (χ2v) is 7.62. The summed E-state index contributed by atoms with van der Waals surface area (Å²) in [5.74, 6) is -0.247. The van der Waals surface area contributed by atoms with Crippen LogP contribution in [0.1, 0.15) is 24.1 Å². The third-order valence-electron chi connectivity index (χ3n) is 5.37. The number of carbonyl (C=O) groups is 2. The molecule has 1 fully saturated rings. The third-order valence-corrected chi connectivity index (χ3v) is 5.37. The van der Waals surface area contributed by atoms with Crippen molar-refractivity contribution in [3.8, 4) is 0 Å². The highest BCUT2D eigenvalue weighted by Gasteiger charge is 2.28. The molecule has 0 radical (unpaired) electrons. The minimum atomic E-state index is -0.300. The molecule has 0 saturated carbocycles. The fourth-order valence-electron chi connectivity index (χ4n) is 3.93. The highest BCUT2D eigenvalue weighted by atomic mass is 16.5. The summed E-state index contributed by atoms with van der Waals surface area (Å²) < 4.78 is 4.95. The van der Waals surface area contributed by atoms with Crippen molar-refractivity contribution in [2.24, 2.45) is 0 Å². The maximum absolute atomic E-state index is 12.7. The van der Waals surface area contributed by atoms with Gasteiger partial charge in [0.05, 0.1) is 25.7 Å². The smallest absolute Gasteiger partial charge is 0.320 e. The summed E-state index contributed by atoms with van der Waals surface area (Å²) in [4.78, 5) is 30.3. The Morgan fingerprint density at radius 2 is 1.43 bits per heavy atom. The molecule has 0 unspecified atom stereocenters. The highest BCUT2D eigenvalue weighted by Crippen LogP contribution is 2.29. The molecule has 2 aromatic rings. The van der Waals surface area contributed by atoms with E-state index in [1.807, 2.05) is 17.0 Å². The van der Waals surface area contributed by atoms with E-state index < -0.39 is 0 Å². The van der Waals surface area contributed by atoms with E-state index in [0.717, 1.165) is 13.1 Å². The maximum atomic E-state index is 12.7. The van der Waals surface area contributed by atoms with Gasteiger partial charge in [0.1, 0.15) is 0 Å². The second kappa shape index (κ2) is 10.9. The van der Waals surface area contributed by atoms with Gasteiger partial charge in [0.15, 0.2) is 0 Å². The lowest BCUT2D eigenvalue weighted by Gasteiger charge is -2.40. The van der Waals surface area contributed by atoms with Crippen LogP contribution in [0.5, 0.6) is 0 Å². The Kier molecular flexibility index (Phi) is 7.99. The maximum Gasteiger partial charge on any atom is 0.320 e. The number of rotatable bonds is 8. The first kappa shape index (κ1) is 22.0. The van der Waals surface area contributed by atoms with Crippen LogP contribution < -0.4 is 0 Å². The minimum absolute atomic E-state index is 0.0532. The van der Waals surface area contributed by atoms with E-state index in [2.05, 4.69) is 53.4 Å². The summed E-state index contributed by atoms with van der Waals surface area (Å²) in [7, 11) is 1.77. The van der Waals surface area contributed by atoms with E-state index in [0.29, 0.717) is 19.7 Å². The second-order valence-electron chi connectivity index (χ2n) is 7.62. The van der Waals surface area contributed by atoms with Gasteiger partial charge < -0.3 is 9.64 Å². The van der Waals surface area contributed by atoms with Crippen molar-refractivity contribution in [1.29, 1.82) is 0 Å². The highest BCUT2D eigenvalue weighted by molar-refractivity contribution is 5.79. The average molecular weight is 410 g/mol. The normalized spacial score (nSPS) is 14.9. The van der Waals surface area contributed by atoms with E-state index >= 15 is 0 Å². The monoisotopic (exact) mass is 409 g/mol. The molecule has 6 nitrogen and oxygen atoms in total. The zero-order valence-corrected chi connectivity index (χ0v) is 17.9. The van der Waals surface area contributed by atoms with Gasteiger partial charge in [-0.05, 0) is 25.1 Å². The number of hydrogen-bond acceptors (Lipinski definition) is 5. The Morgan fingerprint density at radius 3 is 1.93 bits per heavy atom. The average Bonchev–Trinajstić information content (AvgIpc) is 2.76. The number of likely N-dealkylation sites (N-methyl/N-ethyl adjacent to an activating group) is 1. The molecule has 160 valence electrons. The fourth-order valence-corrected chi connectivity index (χ4v) is 3.93. The molecule has 0 aliphatic carbocycles. The first-order chi connectivity index (χ1) is 14.6. The zero-order chi connectivity index (χ0) is 21.3. The predicted octanol–water partition coefficient (Wildman–Crippen LogP) is 2.42. The first-order valence-corrected chi connectivity index (χ1v) is 10.5. The van der Waals surface area contributed by atoms with E-state index in [1.54, 1.807) is 18.9 Å². The number of esters is 1. The quantitative estimate of drug-likeness (QED) is 0.627. The lowest BCUT2D eigenvalue weighted by atomic mass is 9.96. The lowest BCUT2D eigenvalue weighted by Crippen LogP contribution is -2.52. The van der Waals surface area contributed by atoms with E-state index in [-0.39, 0.29) is 31.0 Å². The molecule has 1 amide bonds. The SMILES string of the molecule is CCOC(=O)CN(C)CC(=O)N1CCN(C(c2ccccc2)c2ccccc2)CC1. The number of hydrogen-bond donors (Lipinski definition) is 0. The molecule has 0 atom stereocenters. The molecule has 6 heteroatoms. The zero-order valence-electron chi connectivity index (χ0n) is 17.9. The van der Waals surface area contributed by atoms with Crippen LogP contribution >= 0.6 is 0 Å². The van der Waals surface area contributed by atoms with Crippen molar-refractivity contribution >= 4 is 11.9 Å². The predicted molar refractivity (Wildman–Crippen MR) is 117 cm³/mol. The molecule has 0 N–H and O–H groups in total. The Morgan fingerprint density at radius 1 is 0.900 bits per heavy atom. The van der Waals surface area contributed by atoms with Gasteiger partial charge >= 0.3 is 5.97 Å². The fraction of sp³-hybridized carbons (Fsp3) is 0.417. The molecule has 1 aliphatic rings. The molecule has 30 heavy (non-hydrogen) atoms. The Hall–Kier alpha value is -2.70. The molecule has 1 heterocycles. The van der Waals surface area contributed by atoms with Crippen LogP contribution in [0.15, 0.2) is 60.7 Å². The number of amides is 1. The van der Waals surface area contributed by atoms with E-state index in [9.17, 15) is 9.59 Å². The van der Waals surface area contributed by atoms with Crippen LogP contribution in [-0.4, -0.2) is 79.5 Å². The molecule has 1 saturated heterocycles. The summed E-state index contributed by atoms with van der Waals surface area (Å²) in [5.41, 5.74) is 2.52. The summed E-state index contributed by atoms with van der Waals surface area (Å²) >= 11 is 0. The van der Waals surface area contributed by atoms with Crippen LogP contribution in [-0.2, 0) is 14.3 Å². The van der Waals surface area contributed by atoms with E-state index in [1.165, 1.54) is 11.1 Å². The minimum Gasteiger partial charge on any atom is -0.465 e. The van der Waals surface area contributed by atoms with Crippen molar-refractivity contribution in [3.63, 3.8) is 0 Å². The van der Waals surface area contributed by atoms with Gasteiger partial charge in [-0.15, -0.1) is 0 Å². The van der Waals surface area contributed by atoms with Crippen molar-refractivity contribution in [1.82, 2.24) is 14.7 Å². The van der Waals surface area contributed by atoms with Crippen LogP contribution in [0.25, 0.3) is 0 Å². The van der Waals surface area contributed by atoms with Crippen LogP contribution in [0.2, 0.25) is 0 Å². The van der Waals surface area contributed by atoms with Gasteiger partial charge in [0.2, 0.25) is 5.91 Å². The molecular weight excluding hydrogens is 378 g/mol. The molecule has 3 rings (SSSR count). The van der Waals surface area contributed by atoms with Gasteiger partial charge in [-0.3, -0.25) is 19.4 Å². The molecular formula is C24H31N3O3. The molecule has 0 aromatic heterocycles. The number of nitrogens with zero attached hydrogens (tertiary/aromatic N) is 3. The van der Waals surface area contributed by atoms with Crippen molar-refractivity contribution in [2.45, 2.75) is 13.0 Å². The Balaban J connectivity index is 1.60. The molecule has 2 aromatic carbocycles. The Bertz CT molecular complexity index is 765. The molecule has 1 aliphatic heterocycles. The van der Waals surface area contributed by atoms with Gasteiger partial charge in [0, 0.05) is 26.2 Å². The van der Waals surface area contributed by atoms with Crippen LogP contribution in [0.3, 0.4) is 0 Å². The van der Waals surface area contributed by atoms with Crippen molar-refractivity contribution in [3.05, 3.63) is 71.8 Å². The number of carbonyl (C=O) groups excluding carboxylic acids is 2. The van der Waals surface area contributed by atoms with Gasteiger partial charge in [-0.25, -0.2) is 0 Å². The number of benzene rings is 2. The molecule has 0 spiro atoms. The summed E-state index contributed by atoms with van der Waals surface area (Å²) in [6.07, 6.45) is 0. The topological polar surface area (TPSA) is 53.1 Å². The van der Waals surface area contributed by atoms with Crippen LogP contribution in [0.4, 0.5) is 0 Å². The standard InChI is InChI=1S/C24H31N3O3/c1-3-30-23(29)19-25(2)18-22(28)26-14-16-27(17-15-26)24(20-10-6-4-7-11-20)21-12-8-5-9-13-21/h4-13,24H,3,14-19H2,1-2H3. The summed E-state index contributed by atoms with van der Waals surface area (Å²) in [6.45, 7) is 5.46. The van der Waals surface area contributed by atoms with Crippen molar-refractivity contribution in [2.75, 3.05) is 52.9 Å². The lowest BCUT2D eigenvalue weighted by molar-refractivity contribution is -0.144. The van der Waals surface area contributed by atoms with Crippen LogP contribution in [0, 0.1) is 0 Å². The van der Waals surface area contributed by atoms with E-state index in [4.69, 9.17) is 4.74 Å². The van der Waals surface area contributed by atoms with Gasteiger partial charge in [0.25, 0.3) is 0 Å². The molecule has 0 bridgehead atoms.